The van der Waals surface area contributed by atoms with E-state index >= 15 is 0 Å². The van der Waals surface area contributed by atoms with Crippen molar-refractivity contribution in [2.75, 3.05) is 26.7 Å². The maximum Gasteiger partial charge on any atom is 0.183 e. The predicted molar refractivity (Wildman–Crippen MR) is 61.7 cm³/mol. The first-order chi connectivity index (χ1) is 5.95. The Morgan fingerprint density at radius 1 is 1.15 bits per heavy atom. The molecule has 0 atom stereocenters. The molecule has 13 heavy (non-hydrogen) atoms. The van der Waals surface area contributed by atoms with Crippen LogP contribution >= 0.6 is 0 Å². The average molecular weight is 203 g/mol. The van der Waals surface area contributed by atoms with E-state index in [2.05, 4.69) is 38.5 Å². The van der Waals surface area contributed by atoms with Crippen LogP contribution in [0.2, 0.25) is 19.6 Å². The van der Waals surface area contributed by atoms with Gasteiger partial charge in [-0.15, -0.1) is 0 Å². The largest absolute Gasteiger partial charge is 0.418 e. The quantitative estimate of drug-likeness (QED) is 0.466. The molecule has 0 aromatic rings. The first kappa shape index (κ1) is 13.1. The number of hydrogen-bond donors (Lipinski definition) is 0. The number of hydrogen-bond acceptors (Lipinski definition) is 2. The lowest BCUT2D eigenvalue weighted by atomic mass is 10.3. The maximum atomic E-state index is 5.77. The van der Waals surface area contributed by atoms with Gasteiger partial charge in [0.2, 0.25) is 0 Å². The van der Waals surface area contributed by atoms with Crippen LogP contribution in [0.15, 0.2) is 0 Å². The molecule has 0 rings (SSSR count). The Morgan fingerprint density at radius 2 is 1.77 bits per heavy atom. The van der Waals surface area contributed by atoms with Gasteiger partial charge in [0.15, 0.2) is 8.32 Å². The third-order valence-corrected chi connectivity index (χ3v) is 3.08. The van der Waals surface area contributed by atoms with E-state index in [-0.39, 0.29) is 0 Å². The van der Waals surface area contributed by atoms with Gasteiger partial charge in [-0.25, -0.2) is 0 Å². The lowest BCUT2D eigenvalue weighted by Gasteiger charge is -2.18. The molecule has 0 spiro atoms. The van der Waals surface area contributed by atoms with E-state index in [1.165, 1.54) is 19.4 Å². The minimum absolute atomic E-state index is 0.952. The molecule has 0 bridgehead atoms. The van der Waals surface area contributed by atoms with Crippen molar-refractivity contribution in [3.8, 4) is 0 Å². The molecule has 0 saturated carbocycles. The van der Waals surface area contributed by atoms with Gasteiger partial charge < -0.3 is 9.33 Å². The summed E-state index contributed by atoms with van der Waals surface area (Å²) >= 11 is 0. The van der Waals surface area contributed by atoms with Crippen LogP contribution < -0.4 is 0 Å². The highest BCUT2D eigenvalue weighted by atomic mass is 28.4. The Labute approximate surface area is 84.4 Å². The van der Waals surface area contributed by atoms with Crippen LogP contribution in [0.25, 0.3) is 0 Å². The summed E-state index contributed by atoms with van der Waals surface area (Å²) in [6.07, 6.45) is 2.46. The molecule has 0 fully saturated rings. The van der Waals surface area contributed by atoms with Gasteiger partial charge in [-0.3, -0.25) is 0 Å². The number of rotatable bonds is 7. The summed E-state index contributed by atoms with van der Waals surface area (Å²) in [6, 6.07) is 0. The van der Waals surface area contributed by atoms with Crippen LogP contribution in [0, 0.1) is 0 Å². The summed E-state index contributed by atoms with van der Waals surface area (Å²) in [6.45, 7) is 12.2. The van der Waals surface area contributed by atoms with Gasteiger partial charge >= 0.3 is 0 Å². The number of nitrogens with zero attached hydrogens (tertiary/aromatic N) is 1. The lowest BCUT2D eigenvalue weighted by Crippen LogP contribution is -2.26. The summed E-state index contributed by atoms with van der Waals surface area (Å²) in [5, 5.41) is 0. The second kappa shape index (κ2) is 6.57. The van der Waals surface area contributed by atoms with Crippen molar-refractivity contribution < 1.29 is 4.43 Å². The normalized spacial score (nSPS) is 12.5. The van der Waals surface area contributed by atoms with Crippen molar-refractivity contribution in [3.05, 3.63) is 0 Å². The summed E-state index contributed by atoms with van der Waals surface area (Å²) < 4.78 is 5.77. The fraction of sp³-hybridized carbons (Fsp3) is 1.00. The van der Waals surface area contributed by atoms with Crippen molar-refractivity contribution >= 4 is 8.32 Å². The Balaban J connectivity index is 3.18. The summed E-state index contributed by atoms with van der Waals surface area (Å²) in [4.78, 5) is 2.34. The topological polar surface area (TPSA) is 12.5 Å². The zero-order chi connectivity index (χ0) is 10.3. The van der Waals surface area contributed by atoms with Crippen LogP contribution in [-0.4, -0.2) is 40.0 Å². The molecular formula is C10H25NOSi. The van der Waals surface area contributed by atoms with Gasteiger partial charge in [0.05, 0.1) is 0 Å². The first-order valence-corrected chi connectivity index (χ1v) is 8.69. The molecule has 0 unspecified atom stereocenters. The lowest BCUT2D eigenvalue weighted by molar-refractivity contribution is 0.279. The monoisotopic (exact) mass is 203 g/mol. The molecule has 0 saturated heterocycles. The highest BCUT2D eigenvalue weighted by molar-refractivity contribution is 6.69. The highest BCUT2D eigenvalue weighted by Gasteiger charge is 2.12. The van der Waals surface area contributed by atoms with Gasteiger partial charge in [-0.1, -0.05) is 6.92 Å². The zero-order valence-electron chi connectivity index (χ0n) is 9.89. The Morgan fingerprint density at radius 3 is 2.23 bits per heavy atom. The highest BCUT2D eigenvalue weighted by Crippen LogP contribution is 2.04. The fourth-order valence-electron chi connectivity index (χ4n) is 1.02. The molecule has 0 amide bonds. The molecule has 3 heteroatoms. The maximum absolute atomic E-state index is 5.77. The first-order valence-electron chi connectivity index (χ1n) is 5.28. The number of unbranched alkanes of at least 4 members (excludes halogenated alkanes) is 1. The summed E-state index contributed by atoms with van der Waals surface area (Å²) in [5.41, 5.74) is 0. The standard InChI is InChI=1S/C10H25NOSi/c1-6-11(2)9-7-8-10-12-13(3,4)5/h6-10H2,1-5H3. The zero-order valence-corrected chi connectivity index (χ0v) is 10.9. The smallest absolute Gasteiger partial charge is 0.183 e. The van der Waals surface area contributed by atoms with Crippen LogP contribution in [0.1, 0.15) is 19.8 Å². The van der Waals surface area contributed by atoms with Crippen molar-refractivity contribution in [2.24, 2.45) is 0 Å². The summed E-state index contributed by atoms with van der Waals surface area (Å²) in [7, 11) is 0.910. The van der Waals surface area contributed by atoms with E-state index in [1.54, 1.807) is 0 Å². The average Bonchev–Trinajstić information content (AvgIpc) is 2.01. The van der Waals surface area contributed by atoms with Gasteiger partial charge in [0, 0.05) is 6.61 Å². The molecule has 2 nitrogen and oxygen atoms in total. The Hall–Kier alpha value is 0.137. The van der Waals surface area contributed by atoms with E-state index in [9.17, 15) is 0 Å². The molecule has 0 heterocycles. The van der Waals surface area contributed by atoms with E-state index in [0.29, 0.717) is 0 Å². The van der Waals surface area contributed by atoms with Crippen molar-refractivity contribution in [3.63, 3.8) is 0 Å². The van der Waals surface area contributed by atoms with Crippen LogP contribution in [-0.2, 0) is 4.43 Å². The van der Waals surface area contributed by atoms with Gasteiger partial charge in [0.25, 0.3) is 0 Å². The van der Waals surface area contributed by atoms with E-state index < -0.39 is 8.32 Å². The minimum Gasteiger partial charge on any atom is -0.418 e. The predicted octanol–water partition coefficient (Wildman–Crippen LogP) is 2.57. The van der Waals surface area contributed by atoms with E-state index in [4.69, 9.17) is 4.43 Å². The van der Waals surface area contributed by atoms with Gasteiger partial charge in [-0.05, 0) is 52.6 Å². The van der Waals surface area contributed by atoms with Crippen molar-refractivity contribution in [1.29, 1.82) is 0 Å². The van der Waals surface area contributed by atoms with Crippen LogP contribution in [0.3, 0.4) is 0 Å². The molecule has 0 aliphatic rings. The molecule has 0 radical (unpaired) electrons. The minimum atomic E-state index is -1.26. The van der Waals surface area contributed by atoms with E-state index in [1.807, 2.05) is 0 Å². The second-order valence-electron chi connectivity index (χ2n) is 4.56. The van der Waals surface area contributed by atoms with Gasteiger partial charge in [-0.2, -0.15) is 0 Å². The van der Waals surface area contributed by atoms with Crippen molar-refractivity contribution in [1.82, 2.24) is 4.90 Å². The fourth-order valence-corrected chi connectivity index (χ4v) is 1.78. The van der Waals surface area contributed by atoms with Gasteiger partial charge in [0.1, 0.15) is 0 Å². The Kier molecular flexibility index (Phi) is 6.64. The molecule has 0 aromatic carbocycles. The van der Waals surface area contributed by atoms with Crippen molar-refractivity contribution in [2.45, 2.75) is 39.4 Å². The van der Waals surface area contributed by atoms with E-state index in [0.717, 1.165) is 13.2 Å². The Bertz CT molecular complexity index is 123. The molecule has 0 aromatic heterocycles. The molecule has 80 valence electrons. The molecule has 0 aliphatic heterocycles. The molecular weight excluding hydrogens is 178 g/mol. The summed E-state index contributed by atoms with van der Waals surface area (Å²) in [5.74, 6) is 0. The van der Waals surface area contributed by atoms with Crippen LogP contribution in [0.5, 0.6) is 0 Å². The third kappa shape index (κ3) is 10.1. The second-order valence-corrected chi connectivity index (χ2v) is 9.08. The SMILES string of the molecule is CCN(C)CCCCO[Si](C)(C)C. The molecule has 0 N–H and O–H groups in total. The molecule has 0 aliphatic carbocycles. The van der Waals surface area contributed by atoms with Crippen LogP contribution in [0.4, 0.5) is 0 Å². The third-order valence-electron chi connectivity index (χ3n) is 2.01.